The van der Waals surface area contributed by atoms with Crippen molar-refractivity contribution in [3.05, 3.63) is 28.8 Å². The largest absolute Gasteiger partial charge is 0.317 e. The van der Waals surface area contributed by atoms with Gasteiger partial charge in [0.1, 0.15) is 4.90 Å². The lowest BCUT2D eigenvalue weighted by atomic mass is 9.81. The highest BCUT2D eigenvalue weighted by Crippen LogP contribution is 2.28. The molecule has 2 rings (SSSR count). The van der Waals surface area contributed by atoms with Crippen LogP contribution in [-0.4, -0.2) is 28.1 Å². The molecule has 1 aromatic rings. The van der Waals surface area contributed by atoms with Gasteiger partial charge in [-0.1, -0.05) is 18.5 Å². The van der Waals surface area contributed by atoms with Crippen molar-refractivity contribution < 1.29 is 8.42 Å². The van der Waals surface area contributed by atoms with E-state index >= 15 is 0 Å². The fourth-order valence-electron chi connectivity index (χ4n) is 2.33. The van der Waals surface area contributed by atoms with Crippen molar-refractivity contribution in [3.8, 4) is 6.07 Å². The monoisotopic (exact) mass is 327 g/mol. The van der Waals surface area contributed by atoms with Crippen molar-refractivity contribution in [2.75, 3.05) is 19.6 Å². The van der Waals surface area contributed by atoms with Crippen LogP contribution in [0, 0.1) is 16.7 Å². The van der Waals surface area contributed by atoms with Crippen molar-refractivity contribution in [2.24, 2.45) is 5.41 Å². The second-order valence-corrected chi connectivity index (χ2v) is 7.78. The zero-order valence-electron chi connectivity index (χ0n) is 11.8. The minimum Gasteiger partial charge on any atom is -0.317 e. The van der Waals surface area contributed by atoms with Crippen molar-refractivity contribution in [1.82, 2.24) is 10.0 Å². The lowest BCUT2D eigenvalue weighted by Crippen LogP contribution is -2.42. The summed E-state index contributed by atoms with van der Waals surface area (Å²) in [6.07, 6.45) is 1.84. The number of piperidine rings is 1. The van der Waals surface area contributed by atoms with Gasteiger partial charge in [0.05, 0.1) is 16.7 Å². The highest BCUT2D eigenvalue weighted by atomic mass is 35.5. The Bertz CT molecular complexity index is 661. The number of benzene rings is 1. The first kappa shape index (κ1) is 16.2. The molecule has 0 spiro atoms. The van der Waals surface area contributed by atoms with Gasteiger partial charge in [0.2, 0.25) is 10.0 Å². The molecule has 1 heterocycles. The third-order valence-electron chi connectivity index (χ3n) is 3.85. The van der Waals surface area contributed by atoms with Gasteiger partial charge in [0.25, 0.3) is 0 Å². The third kappa shape index (κ3) is 3.95. The number of nitriles is 1. The predicted octanol–water partition coefficient (Wildman–Crippen LogP) is 1.88. The minimum atomic E-state index is -3.71. The summed E-state index contributed by atoms with van der Waals surface area (Å²) in [5, 5.41) is 12.3. The Morgan fingerprint density at radius 3 is 2.71 bits per heavy atom. The normalized spacial score (nSPS) is 18.1. The number of halogens is 1. The maximum Gasteiger partial charge on any atom is 0.242 e. The Morgan fingerprint density at radius 1 is 1.43 bits per heavy atom. The number of rotatable bonds is 4. The average molecular weight is 328 g/mol. The second kappa shape index (κ2) is 6.32. The molecule has 114 valence electrons. The maximum atomic E-state index is 12.4. The molecule has 0 radical (unpaired) electrons. The van der Waals surface area contributed by atoms with Crippen LogP contribution in [0.5, 0.6) is 0 Å². The van der Waals surface area contributed by atoms with E-state index in [0.717, 1.165) is 25.9 Å². The number of nitrogens with zero attached hydrogens (tertiary/aromatic N) is 1. The summed E-state index contributed by atoms with van der Waals surface area (Å²) in [7, 11) is -3.71. The highest BCUT2D eigenvalue weighted by molar-refractivity contribution is 7.89. The molecule has 0 unspecified atom stereocenters. The number of hydrogen-bond donors (Lipinski definition) is 2. The van der Waals surface area contributed by atoms with Crippen LogP contribution in [0.25, 0.3) is 0 Å². The Morgan fingerprint density at radius 2 is 2.10 bits per heavy atom. The molecule has 0 amide bonds. The summed E-state index contributed by atoms with van der Waals surface area (Å²) in [5.41, 5.74) is 0.213. The van der Waals surface area contributed by atoms with Gasteiger partial charge in [-0.25, -0.2) is 13.1 Å². The van der Waals surface area contributed by atoms with Crippen molar-refractivity contribution in [3.63, 3.8) is 0 Å². The third-order valence-corrected chi connectivity index (χ3v) is 5.73. The Labute approximate surface area is 130 Å². The lowest BCUT2D eigenvalue weighted by Gasteiger charge is -2.34. The lowest BCUT2D eigenvalue weighted by molar-refractivity contribution is 0.232. The van der Waals surface area contributed by atoms with Gasteiger partial charge in [-0.05, 0) is 49.5 Å². The first-order chi connectivity index (χ1) is 9.86. The van der Waals surface area contributed by atoms with Gasteiger partial charge in [-0.15, -0.1) is 0 Å². The van der Waals surface area contributed by atoms with Gasteiger partial charge < -0.3 is 5.32 Å². The van der Waals surface area contributed by atoms with Gasteiger partial charge in [-0.2, -0.15) is 5.26 Å². The SMILES string of the molecule is CC1(CNS(=O)(=O)c2cc(C#N)ccc2Cl)CCNCC1. The summed E-state index contributed by atoms with van der Waals surface area (Å²) < 4.78 is 27.4. The van der Waals surface area contributed by atoms with E-state index in [-0.39, 0.29) is 20.9 Å². The van der Waals surface area contributed by atoms with E-state index in [1.54, 1.807) is 0 Å². The highest BCUT2D eigenvalue weighted by Gasteiger charge is 2.29. The maximum absolute atomic E-state index is 12.4. The molecule has 0 saturated carbocycles. The average Bonchev–Trinajstić information content (AvgIpc) is 2.47. The summed E-state index contributed by atoms with van der Waals surface area (Å²) in [4.78, 5) is -0.0410. The van der Waals surface area contributed by atoms with Crippen LogP contribution in [0.2, 0.25) is 5.02 Å². The molecule has 1 aliphatic rings. The van der Waals surface area contributed by atoms with Gasteiger partial charge in [0, 0.05) is 6.54 Å². The summed E-state index contributed by atoms with van der Waals surface area (Å²) in [5.74, 6) is 0. The molecular formula is C14H18ClN3O2S. The number of sulfonamides is 1. The first-order valence-electron chi connectivity index (χ1n) is 6.76. The van der Waals surface area contributed by atoms with Gasteiger partial charge in [0.15, 0.2) is 0 Å². The predicted molar refractivity (Wildman–Crippen MR) is 81.6 cm³/mol. The molecule has 0 bridgehead atoms. The van der Waals surface area contributed by atoms with Crippen molar-refractivity contribution in [1.29, 1.82) is 5.26 Å². The van der Waals surface area contributed by atoms with Crippen LogP contribution in [-0.2, 0) is 10.0 Å². The first-order valence-corrected chi connectivity index (χ1v) is 8.62. The van der Waals surface area contributed by atoms with E-state index in [0.29, 0.717) is 6.54 Å². The topological polar surface area (TPSA) is 82.0 Å². The van der Waals surface area contributed by atoms with Gasteiger partial charge >= 0.3 is 0 Å². The van der Waals surface area contributed by atoms with Crippen LogP contribution in [0.1, 0.15) is 25.3 Å². The van der Waals surface area contributed by atoms with E-state index in [9.17, 15) is 8.42 Å². The minimum absolute atomic E-state index is 0.0410. The van der Waals surface area contributed by atoms with E-state index < -0.39 is 10.0 Å². The molecule has 7 heteroatoms. The molecule has 5 nitrogen and oxygen atoms in total. The Balaban J connectivity index is 2.17. The molecule has 1 fully saturated rings. The zero-order valence-corrected chi connectivity index (χ0v) is 13.4. The van der Waals surface area contributed by atoms with Crippen LogP contribution in [0.15, 0.2) is 23.1 Å². The number of nitrogens with one attached hydrogen (secondary N) is 2. The summed E-state index contributed by atoms with van der Waals surface area (Å²) >= 11 is 5.96. The molecule has 21 heavy (non-hydrogen) atoms. The molecule has 0 aromatic heterocycles. The van der Waals surface area contributed by atoms with E-state index in [1.165, 1.54) is 18.2 Å². The van der Waals surface area contributed by atoms with Gasteiger partial charge in [-0.3, -0.25) is 0 Å². The fraction of sp³-hybridized carbons (Fsp3) is 0.500. The van der Waals surface area contributed by atoms with Crippen LogP contribution in [0.4, 0.5) is 0 Å². The molecular weight excluding hydrogens is 310 g/mol. The zero-order chi connectivity index (χ0) is 15.5. The van der Waals surface area contributed by atoms with Crippen molar-refractivity contribution >= 4 is 21.6 Å². The van der Waals surface area contributed by atoms with Crippen LogP contribution < -0.4 is 10.0 Å². The summed E-state index contributed by atoms with van der Waals surface area (Å²) in [6, 6.07) is 6.15. The molecule has 1 aliphatic heterocycles. The van der Waals surface area contributed by atoms with E-state index in [4.69, 9.17) is 16.9 Å². The smallest absolute Gasteiger partial charge is 0.242 e. The molecule has 0 aliphatic carbocycles. The molecule has 0 atom stereocenters. The fourth-order valence-corrected chi connectivity index (χ4v) is 4.06. The molecule has 1 saturated heterocycles. The molecule has 1 aromatic carbocycles. The number of hydrogen-bond acceptors (Lipinski definition) is 4. The Kier molecular flexibility index (Phi) is 4.89. The summed E-state index contributed by atoms with van der Waals surface area (Å²) in [6.45, 7) is 4.22. The van der Waals surface area contributed by atoms with Crippen molar-refractivity contribution in [2.45, 2.75) is 24.7 Å². The second-order valence-electron chi connectivity index (χ2n) is 5.64. The van der Waals surface area contributed by atoms with E-state index in [1.807, 2.05) is 6.07 Å². The van der Waals surface area contributed by atoms with E-state index in [2.05, 4.69) is 17.0 Å². The van der Waals surface area contributed by atoms with Crippen LogP contribution in [0.3, 0.4) is 0 Å². The Hall–Kier alpha value is -1.13. The quantitative estimate of drug-likeness (QED) is 0.884. The van der Waals surface area contributed by atoms with Crippen LogP contribution >= 0.6 is 11.6 Å². The standard InChI is InChI=1S/C14H18ClN3O2S/c1-14(4-6-17-7-5-14)10-18-21(19,20)13-8-11(9-16)2-3-12(13)15/h2-3,8,17-18H,4-7,10H2,1H3. The molecule has 2 N–H and O–H groups in total.